The summed E-state index contributed by atoms with van der Waals surface area (Å²) in [6, 6.07) is 14.2. The molecule has 1 aromatic heterocycles. The van der Waals surface area contributed by atoms with E-state index < -0.39 is 0 Å². The summed E-state index contributed by atoms with van der Waals surface area (Å²) in [5.41, 5.74) is 6.57. The lowest BCUT2D eigenvalue weighted by Gasteiger charge is -2.20. The second kappa shape index (κ2) is 6.03. The number of rotatable bonds is 2. The van der Waals surface area contributed by atoms with Gasteiger partial charge in [-0.3, -0.25) is 15.0 Å². The number of anilines is 1. The Morgan fingerprint density at radius 1 is 1.05 bits per heavy atom. The molecule has 3 rings (SSSR count). The zero-order valence-electron chi connectivity index (χ0n) is 10.5. The standard InChI is InChI=1S/C14H14N4.HI/c1-17-14(12-6-3-2-4-7-12)11-18(16-17)13-8-5-9-15-10-13;/h2-11,16H,1H3;1H/p-1. The molecule has 0 spiro atoms. The number of nitrogens with zero attached hydrogens (tertiary/aromatic N) is 3. The summed E-state index contributed by atoms with van der Waals surface area (Å²) in [4.78, 5) is 4.12. The van der Waals surface area contributed by atoms with Gasteiger partial charge >= 0.3 is 0 Å². The summed E-state index contributed by atoms with van der Waals surface area (Å²) in [5, 5.41) is 3.94. The third kappa shape index (κ3) is 2.87. The number of benzene rings is 1. The molecule has 0 unspecified atom stereocenters. The van der Waals surface area contributed by atoms with Crippen LogP contribution in [0.5, 0.6) is 0 Å². The third-order valence-electron chi connectivity index (χ3n) is 2.86. The molecule has 0 bridgehead atoms. The summed E-state index contributed by atoms with van der Waals surface area (Å²) in [6.07, 6.45) is 5.66. The molecule has 1 aliphatic rings. The van der Waals surface area contributed by atoms with Crippen molar-refractivity contribution in [3.05, 3.63) is 66.6 Å². The molecular formula is C14H14IN4-. The molecule has 0 radical (unpaired) electrons. The van der Waals surface area contributed by atoms with Crippen molar-refractivity contribution in [2.24, 2.45) is 0 Å². The number of halogens is 1. The molecule has 0 fully saturated rings. The van der Waals surface area contributed by atoms with Gasteiger partial charge in [-0.15, -0.1) is 5.53 Å². The molecule has 0 amide bonds. The predicted octanol–water partition coefficient (Wildman–Crippen LogP) is -0.744. The number of nitrogens with one attached hydrogen (secondary N) is 1. The molecule has 0 saturated carbocycles. The maximum atomic E-state index is 4.12. The molecule has 0 saturated heterocycles. The average molecular weight is 365 g/mol. The highest BCUT2D eigenvalue weighted by molar-refractivity contribution is 5.69. The van der Waals surface area contributed by atoms with Crippen LogP contribution < -0.4 is 34.5 Å². The fourth-order valence-corrected chi connectivity index (χ4v) is 1.96. The molecule has 1 aliphatic heterocycles. The molecule has 2 heterocycles. The maximum absolute atomic E-state index is 4.12. The van der Waals surface area contributed by atoms with Crippen LogP contribution in [0.1, 0.15) is 5.56 Å². The van der Waals surface area contributed by atoms with Crippen molar-refractivity contribution >= 4 is 11.4 Å². The fraction of sp³-hybridized carbons (Fsp3) is 0.0714. The Morgan fingerprint density at radius 2 is 1.84 bits per heavy atom. The Kier molecular flexibility index (Phi) is 4.39. The van der Waals surface area contributed by atoms with Crippen molar-refractivity contribution in [1.29, 1.82) is 0 Å². The van der Waals surface area contributed by atoms with Gasteiger partial charge in [-0.05, 0) is 12.1 Å². The van der Waals surface area contributed by atoms with E-state index in [1.165, 1.54) is 5.56 Å². The van der Waals surface area contributed by atoms with Gasteiger partial charge in [0.2, 0.25) is 0 Å². The van der Waals surface area contributed by atoms with Gasteiger partial charge in [0.05, 0.1) is 17.6 Å². The van der Waals surface area contributed by atoms with Gasteiger partial charge in [0.15, 0.2) is 0 Å². The second-order valence-electron chi connectivity index (χ2n) is 4.12. The van der Waals surface area contributed by atoms with Gasteiger partial charge in [0, 0.05) is 25.0 Å². The Hall–Kier alpha value is -1.60. The lowest BCUT2D eigenvalue weighted by molar-refractivity contribution is -0.00000366. The highest BCUT2D eigenvalue weighted by Gasteiger charge is 2.19. The van der Waals surface area contributed by atoms with Crippen molar-refractivity contribution < 1.29 is 24.0 Å². The highest BCUT2D eigenvalue weighted by Crippen LogP contribution is 2.24. The molecule has 1 N–H and O–H groups in total. The van der Waals surface area contributed by atoms with E-state index in [4.69, 9.17) is 0 Å². The van der Waals surface area contributed by atoms with E-state index in [0.29, 0.717) is 0 Å². The lowest BCUT2D eigenvalue weighted by Crippen LogP contribution is -3.00. The normalized spacial score (nSPS) is 14.1. The minimum absolute atomic E-state index is 0. The van der Waals surface area contributed by atoms with Gasteiger partial charge in [0.1, 0.15) is 0 Å². The summed E-state index contributed by atoms with van der Waals surface area (Å²) in [6.45, 7) is 0. The molecular weight excluding hydrogens is 351 g/mol. The number of hydrazine groups is 2. The van der Waals surface area contributed by atoms with E-state index in [1.54, 1.807) is 6.20 Å². The highest BCUT2D eigenvalue weighted by atomic mass is 127. The van der Waals surface area contributed by atoms with Crippen molar-refractivity contribution in [3.63, 3.8) is 0 Å². The first kappa shape index (κ1) is 13.8. The van der Waals surface area contributed by atoms with Crippen LogP contribution in [0.25, 0.3) is 5.70 Å². The summed E-state index contributed by atoms with van der Waals surface area (Å²) >= 11 is 0. The largest absolute Gasteiger partial charge is 1.00 e. The molecule has 0 aliphatic carbocycles. The summed E-state index contributed by atoms with van der Waals surface area (Å²) in [7, 11) is 2.00. The minimum atomic E-state index is 0. The van der Waals surface area contributed by atoms with E-state index >= 15 is 0 Å². The predicted molar refractivity (Wildman–Crippen MR) is 72.0 cm³/mol. The van der Waals surface area contributed by atoms with Gasteiger partial charge in [-0.2, -0.15) is 0 Å². The Labute approximate surface area is 129 Å². The van der Waals surface area contributed by atoms with Crippen LogP contribution in [0.3, 0.4) is 0 Å². The molecule has 4 nitrogen and oxygen atoms in total. The van der Waals surface area contributed by atoms with Gasteiger partial charge < -0.3 is 24.0 Å². The molecule has 1 aromatic carbocycles. The second-order valence-corrected chi connectivity index (χ2v) is 4.12. The SMILES string of the molecule is CN1NN(c2cccnc2)C=C1c1ccccc1.[I-]. The monoisotopic (exact) mass is 365 g/mol. The van der Waals surface area contributed by atoms with E-state index in [1.807, 2.05) is 53.6 Å². The van der Waals surface area contributed by atoms with Crippen LogP contribution in [-0.4, -0.2) is 17.0 Å². The Bertz CT molecular complexity index is 556. The Balaban J connectivity index is 0.00000133. The van der Waals surface area contributed by atoms with Crippen LogP contribution in [-0.2, 0) is 0 Å². The van der Waals surface area contributed by atoms with E-state index in [9.17, 15) is 0 Å². The van der Waals surface area contributed by atoms with Crippen molar-refractivity contribution in [2.75, 3.05) is 12.1 Å². The first-order valence-corrected chi connectivity index (χ1v) is 5.81. The zero-order chi connectivity index (χ0) is 12.4. The zero-order valence-corrected chi connectivity index (χ0v) is 12.7. The number of aromatic nitrogens is 1. The van der Waals surface area contributed by atoms with E-state index in [0.717, 1.165) is 11.4 Å². The van der Waals surface area contributed by atoms with E-state index in [2.05, 4.69) is 28.9 Å². The minimum Gasteiger partial charge on any atom is -1.00 e. The molecule has 0 atom stereocenters. The lowest BCUT2D eigenvalue weighted by atomic mass is 10.2. The van der Waals surface area contributed by atoms with Crippen molar-refractivity contribution in [2.45, 2.75) is 0 Å². The smallest absolute Gasteiger partial charge is 0.0785 e. The topological polar surface area (TPSA) is 31.4 Å². The van der Waals surface area contributed by atoms with Gasteiger partial charge in [-0.1, -0.05) is 30.3 Å². The maximum Gasteiger partial charge on any atom is 0.0785 e. The van der Waals surface area contributed by atoms with Crippen LogP contribution in [0.4, 0.5) is 5.69 Å². The number of pyridine rings is 1. The first-order valence-electron chi connectivity index (χ1n) is 5.81. The Morgan fingerprint density at radius 3 is 2.53 bits per heavy atom. The molecule has 19 heavy (non-hydrogen) atoms. The molecule has 98 valence electrons. The third-order valence-corrected chi connectivity index (χ3v) is 2.86. The summed E-state index contributed by atoms with van der Waals surface area (Å²) in [5.74, 6) is 0. The fourth-order valence-electron chi connectivity index (χ4n) is 1.96. The van der Waals surface area contributed by atoms with Crippen LogP contribution in [0, 0.1) is 0 Å². The van der Waals surface area contributed by atoms with Crippen molar-refractivity contribution in [3.8, 4) is 0 Å². The average Bonchev–Trinajstić information content (AvgIpc) is 2.83. The first-order chi connectivity index (χ1) is 8.84. The van der Waals surface area contributed by atoms with Gasteiger partial charge in [0.25, 0.3) is 0 Å². The molecule has 2 aromatic rings. The van der Waals surface area contributed by atoms with Crippen LogP contribution >= 0.6 is 0 Å². The molecule has 5 heteroatoms. The number of hydrogen-bond acceptors (Lipinski definition) is 4. The summed E-state index contributed by atoms with van der Waals surface area (Å²) < 4.78 is 0. The number of hydrogen-bond donors (Lipinski definition) is 1. The van der Waals surface area contributed by atoms with Crippen molar-refractivity contribution in [1.82, 2.24) is 15.5 Å². The quantitative estimate of drug-likeness (QED) is 0.711. The van der Waals surface area contributed by atoms with Crippen LogP contribution in [0.2, 0.25) is 0 Å². The van der Waals surface area contributed by atoms with Crippen LogP contribution in [0.15, 0.2) is 61.1 Å². The van der Waals surface area contributed by atoms with E-state index in [-0.39, 0.29) is 24.0 Å². The van der Waals surface area contributed by atoms with Gasteiger partial charge in [-0.25, -0.2) is 0 Å².